The third-order valence-electron chi connectivity index (χ3n) is 4.00. The molecule has 0 spiro atoms. The molecule has 1 aliphatic carbocycles. The predicted molar refractivity (Wildman–Crippen MR) is 73.5 cm³/mol. The molecule has 1 aromatic heterocycles. The van der Waals surface area contributed by atoms with Gasteiger partial charge in [0, 0.05) is 11.7 Å². The first-order valence-corrected chi connectivity index (χ1v) is 7.01. The molecule has 1 aliphatic rings. The lowest BCUT2D eigenvalue weighted by Crippen LogP contribution is -2.36. The second-order valence-electron chi connectivity index (χ2n) is 5.53. The molecule has 0 aromatic carbocycles. The van der Waals surface area contributed by atoms with Gasteiger partial charge in [0.1, 0.15) is 5.75 Å². The van der Waals surface area contributed by atoms with E-state index in [1.807, 2.05) is 13.1 Å². The minimum Gasteiger partial charge on any atom is -0.492 e. The first kappa shape index (κ1) is 13.3. The zero-order chi connectivity index (χ0) is 13.0. The van der Waals surface area contributed by atoms with Gasteiger partial charge < -0.3 is 10.5 Å². The predicted octanol–water partition coefficient (Wildman–Crippen LogP) is 3.23. The van der Waals surface area contributed by atoms with Gasteiger partial charge in [0.15, 0.2) is 0 Å². The summed E-state index contributed by atoms with van der Waals surface area (Å²) >= 11 is 0. The van der Waals surface area contributed by atoms with Crippen molar-refractivity contribution in [3.8, 4) is 5.75 Å². The fourth-order valence-corrected chi connectivity index (χ4v) is 2.76. The van der Waals surface area contributed by atoms with Crippen molar-refractivity contribution in [2.24, 2.45) is 11.7 Å². The first-order chi connectivity index (χ1) is 8.64. The fourth-order valence-electron chi connectivity index (χ4n) is 2.76. The Hall–Kier alpha value is -1.09. The summed E-state index contributed by atoms with van der Waals surface area (Å²) in [5.74, 6) is 1.62. The molecule has 1 heterocycles. The van der Waals surface area contributed by atoms with E-state index in [1.165, 1.54) is 19.3 Å². The van der Waals surface area contributed by atoms with Gasteiger partial charge in [-0.2, -0.15) is 0 Å². The van der Waals surface area contributed by atoms with Crippen LogP contribution in [0.3, 0.4) is 0 Å². The topological polar surface area (TPSA) is 48.1 Å². The number of ether oxygens (including phenoxy) is 1. The molecule has 0 amide bonds. The average molecular weight is 248 g/mol. The number of aromatic nitrogens is 1. The van der Waals surface area contributed by atoms with E-state index in [2.05, 4.69) is 18.0 Å². The molecule has 0 radical (unpaired) electrons. The summed E-state index contributed by atoms with van der Waals surface area (Å²) in [6, 6.07) is 2.06. The maximum atomic E-state index is 6.61. The smallest absolute Gasteiger partial charge is 0.137 e. The summed E-state index contributed by atoms with van der Waals surface area (Å²) in [6.45, 7) is 4.97. The largest absolute Gasteiger partial charge is 0.492 e. The van der Waals surface area contributed by atoms with Gasteiger partial charge in [0.05, 0.1) is 12.8 Å². The van der Waals surface area contributed by atoms with Gasteiger partial charge >= 0.3 is 0 Å². The van der Waals surface area contributed by atoms with Crippen LogP contribution in [0.15, 0.2) is 18.5 Å². The Kier molecular flexibility index (Phi) is 4.23. The molecule has 100 valence electrons. The molecule has 2 atom stereocenters. The van der Waals surface area contributed by atoms with Crippen molar-refractivity contribution in [3.63, 3.8) is 0 Å². The van der Waals surface area contributed by atoms with Crippen molar-refractivity contribution in [2.45, 2.75) is 51.5 Å². The Labute approximate surface area is 110 Å². The quantitative estimate of drug-likeness (QED) is 0.835. The third kappa shape index (κ3) is 3.02. The number of pyridine rings is 1. The average Bonchev–Trinajstić information content (AvgIpc) is 2.54. The van der Waals surface area contributed by atoms with Gasteiger partial charge in [-0.3, -0.25) is 4.98 Å². The van der Waals surface area contributed by atoms with Crippen LogP contribution >= 0.6 is 0 Å². The summed E-state index contributed by atoms with van der Waals surface area (Å²) < 4.78 is 5.52. The molecule has 0 saturated heterocycles. The van der Waals surface area contributed by atoms with Crippen LogP contribution in [0.5, 0.6) is 5.75 Å². The van der Waals surface area contributed by atoms with Crippen LogP contribution in [0.4, 0.5) is 0 Å². The number of nitrogens with two attached hydrogens (primary N) is 1. The summed E-state index contributed by atoms with van der Waals surface area (Å²) in [5, 5.41) is 0. The van der Waals surface area contributed by atoms with E-state index < -0.39 is 0 Å². The van der Waals surface area contributed by atoms with E-state index in [4.69, 9.17) is 10.5 Å². The van der Waals surface area contributed by atoms with E-state index in [0.29, 0.717) is 6.61 Å². The molecule has 18 heavy (non-hydrogen) atoms. The SMILES string of the molecule is CCOc1cncc(C2(N)CCCC(C)CC2)c1. The van der Waals surface area contributed by atoms with Gasteiger partial charge in [0.25, 0.3) is 0 Å². The van der Waals surface area contributed by atoms with Gasteiger partial charge in [-0.05, 0) is 43.7 Å². The van der Waals surface area contributed by atoms with Crippen molar-refractivity contribution >= 4 is 0 Å². The lowest BCUT2D eigenvalue weighted by Gasteiger charge is -2.28. The van der Waals surface area contributed by atoms with Crippen LogP contribution in [-0.4, -0.2) is 11.6 Å². The first-order valence-electron chi connectivity index (χ1n) is 7.01. The van der Waals surface area contributed by atoms with Crippen LogP contribution < -0.4 is 10.5 Å². The molecule has 2 rings (SSSR count). The molecule has 1 aromatic rings. The van der Waals surface area contributed by atoms with E-state index in [-0.39, 0.29) is 5.54 Å². The van der Waals surface area contributed by atoms with Gasteiger partial charge in [-0.1, -0.05) is 19.8 Å². The Bertz CT molecular complexity index is 394. The third-order valence-corrected chi connectivity index (χ3v) is 4.00. The maximum absolute atomic E-state index is 6.61. The molecule has 1 saturated carbocycles. The zero-order valence-electron chi connectivity index (χ0n) is 11.5. The van der Waals surface area contributed by atoms with Crippen molar-refractivity contribution < 1.29 is 4.74 Å². The van der Waals surface area contributed by atoms with Crippen LogP contribution in [0, 0.1) is 5.92 Å². The number of nitrogens with zero attached hydrogens (tertiary/aromatic N) is 1. The Morgan fingerprint density at radius 1 is 1.39 bits per heavy atom. The zero-order valence-corrected chi connectivity index (χ0v) is 11.5. The van der Waals surface area contributed by atoms with Gasteiger partial charge in [0.2, 0.25) is 0 Å². The van der Waals surface area contributed by atoms with Crippen molar-refractivity contribution in [1.29, 1.82) is 0 Å². The Morgan fingerprint density at radius 2 is 2.22 bits per heavy atom. The van der Waals surface area contributed by atoms with Crippen LogP contribution in [0.1, 0.15) is 51.5 Å². The highest BCUT2D eigenvalue weighted by Gasteiger charge is 2.30. The van der Waals surface area contributed by atoms with Crippen LogP contribution in [0.25, 0.3) is 0 Å². The Balaban J connectivity index is 2.20. The molecule has 0 bridgehead atoms. The highest BCUT2D eigenvalue weighted by molar-refractivity contribution is 5.29. The van der Waals surface area contributed by atoms with E-state index >= 15 is 0 Å². The lowest BCUT2D eigenvalue weighted by atomic mass is 9.84. The van der Waals surface area contributed by atoms with Gasteiger partial charge in [-0.15, -0.1) is 0 Å². The molecule has 2 unspecified atom stereocenters. The minimum atomic E-state index is -0.217. The number of hydrogen-bond acceptors (Lipinski definition) is 3. The normalized spacial score (nSPS) is 28.7. The van der Waals surface area contributed by atoms with E-state index in [0.717, 1.165) is 30.1 Å². The van der Waals surface area contributed by atoms with E-state index in [1.54, 1.807) is 6.20 Å². The Morgan fingerprint density at radius 3 is 3.00 bits per heavy atom. The van der Waals surface area contributed by atoms with Crippen LogP contribution in [0.2, 0.25) is 0 Å². The molecule has 2 N–H and O–H groups in total. The van der Waals surface area contributed by atoms with Crippen molar-refractivity contribution in [3.05, 3.63) is 24.0 Å². The van der Waals surface area contributed by atoms with Gasteiger partial charge in [-0.25, -0.2) is 0 Å². The maximum Gasteiger partial charge on any atom is 0.137 e. The standard InChI is InChI=1S/C15H24N2O/c1-3-18-14-9-13(10-17-11-14)15(16)7-4-5-12(2)6-8-15/h9-12H,3-8,16H2,1-2H3. The fraction of sp³-hybridized carbons (Fsp3) is 0.667. The molecule has 1 fully saturated rings. The molecule has 3 heteroatoms. The second kappa shape index (κ2) is 5.70. The molecule has 0 aliphatic heterocycles. The highest BCUT2D eigenvalue weighted by Crippen LogP contribution is 2.36. The number of hydrogen-bond donors (Lipinski definition) is 1. The summed E-state index contributed by atoms with van der Waals surface area (Å²) in [5.41, 5.74) is 7.52. The number of rotatable bonds is 3. The highest BCUT2D eigenvalue weighted by atomic mass is 16.5. The van der Waals surface area contributed by atoms with E-state index in [9.17, 15) is 0 Å². The second-order valence-corrected chi connectivity index (χ2v) is 5.53. The van der Waals surface area contributed by atoms with Crippen molar-refractivity contribution in [2.75, 3.05) is 6.61 Å². The minimum absolute atomic E-state index is 0.217. The molecular formula is C15H24N2O. The molecular weight excluding hydrogens is 224 g/mol. The molecule has 3 nitrogen and oxygen atoms in total. The monoisotopic (exact) mass is 248 g/mol. The van der Waals surface area contributed by atoms with Crippen LogP contribution in [-0.2, 0) is 5.54 Å². The summed E-state index contributed by atoms with van der Waals surface area (Å²) in [6.07, 6.45) is 9.46. The lowest BCUT2D eigenvalue weighted by molar-refractivity contribution is 0.333. The summed E-state index contributed by atoms with van der Waals surface area (Å²) in [7, 11) is 0. The van der Waals surface area contributed by atoms with Crippen molar-refractivity contribution in [1.82, 2.24) is 4.98 Å². The summed E-state index contributed by atoms with van der Waals surface area (Å²) in [4.78, 5) is 4.27.